The molecule has 1 aliphatic carbocycles. The predicted octanol–water partition coefficient (Wildman–Crippen LogP) is 3.92. The van der Waals surface area contributed by atoms with Gasteiger partial charge >= 0.3 is 0 Å². The minimum absolute atomic E-state index is 0.431. The molecule has 0 bridgehead atoms. The van der Waals surface area contributed by atoms with Crippen LogP contribution in [-0.4, -0.2) is 20.4 Å². The van der Waals surface area contributed by atoms with Crippen LogP contribution >= 0.6 is 0 Å². The largest absolute Gasteiger partial charge is 0.321 e. The van der Waals surface area contributed by atoms with Crippen molar-refractivity contribution in [3.63, 3.8) is 0 Å². The molecule has 0 unspecified atom stereocenters. The van der Waals surface area contributed by atoms with Crippen molar-refractivity contribution < 1.29 is 0 Å². The van der Waals surface area contributed by atoms with Crippen molar-refractivity contribution in [2.75, 3.05) is 0 Å². The van der Waals surface area contributed by atoms with Gasteiger partial charge < -0.3 is 15.8 Å². The SMILES string of the molecule is CCc1nc2c(C)cc(C)nc2n1Cc1ccc2c(c1)CCc1ccccc1/C2=C\C(=N\N)NN. The van der Waals surface area contributed by atoms with E-state index >= 15 is 0 Å². The summed E-state index contributed by atoms with van der Waals surface area (Å²) in [4.78, 5) is 9.75. The second kappa shape index (κ2) is 9.35. The Labute approximate surface area is 205 Å². The van der Waals surface area contributed by atoms with Crippen LogP contribution in [0.3, 0.4) is 0 Å². The molecule has 0 aliphatic heterocycles. The van der Waals surface area contributed by atoms with Crippen molar-refractivity contribution in [2.45, 2.75) is 46.6 Å². The normalized spacial score (nSPS) is 14.6. The van der Waals surface area contributed by atoms with Crippen LogP contribution in [0.4, 0.5) is 0 Å². The van der Waals surface area contributed by atoms with Crippen molar-refractivity contribution in [1.82, 2.24) is 20.0 Å². The molecule has 7 heteroatoms. The van der Waals surface area contributed by atoms with Gasteiger partial charge in [0.25, 0.3) is 0 Å². The van der Waals surface area contributed by atoms with Gasteiger partial charge in [-0.2, -0.15) is 5.10 Å². The van der Waals surface area contributed by atoms with Gasteiger partial charge in [-0.3, -0.25) is 0 Å². The smallest absolute Gasteiger partial charge is 0.160 e. The number of nitrogens with zero attached hydrogens (tertiary/aromatic N) is 4. The summed E-state index contributed by atoms with van der Waals surface area (Å²) < 4.78 is 2.26. The molecule has 2 aromatic heterocycles. The molecular formula is C28H31N7. The zero-order valence-corrected chi connectivity index (χ0v) is 20.5. The fraction of sp³-hybridized carbons (Fsp3) is 0.250. The van der Waals surface area contributed by atoms with Crippen LogP contribution in [0.5, 0.6) is 0 Å². The number of fused-ring (bicyclic) bond motifs is 3. The van der Waals surface area contributed by atoms with E-state index in [1.165, 1.54) is 33.4 Å². The molecule has 0 atom stereocenters. The average molecular weight is 466 g/mol. The van der Waals surface area contributed by atoms with Gasteiger partial charge in [0.15, 0.2) is 11.5 Å². The highest BCUT2D eigenvalue weighted by Crippen LogP contribution is 2.34. The van der Waals surface area contributed by atoms with E-state index in [0.29, 0.717) is 5.84 Å². The zero-order chi connectivity index (χ0) is 24.5. The van der Waals surface area contributed by atoms with Gasteiger partial charge in [0.05, 0.1) is 6.54 Å². The summed E-state index contributed by atoms with van der Waals surface area (Å²) in [6, 6.07) is 17.3. The van der Waals surface area contributed by atoms with E-state index in [-0.39, 0.29) is 0 Å². The molecule has 0 radical (unpaired) electrons. The third-order valence-electron chi connectivity index (χ3n) is 6.76. The van der Waals surface area contributed by atoms with Gasteiger partial charge in [0, 0.05) is 12.1 Å². The van der Waals surface area contributed by atoms with Crippen LogP contribution in [-0.2, 0) is 25.8 Å². The highest BCUT2D eigenvalue weighted by molar-refractivity contribution is 6.03. The van der Waals surface area contributed by atoms with E-state index in [2.05, 4.69) is 77.5 Å². The lowest BCUT2D eigenvalue weighted by atomic mass is 9.92. The first-order valence-corrected chi connectivity index (χ1v) is 12.0. The molecule has 2 heterocycles. The van der Waals surface area contributed by atoms with E-state index in [1.807, 2.05) is 13.0 Å². The van der Waals surface area contributed by atoms with Crippen LogP contribution in [0.1, 0.15) is 51.8 Å². The number of nitrogens with one attached hydrogen (secondary N) is 1. The van der Waals surface area contributed by atoms with E-state index in [0.717, 1.165) is 54.1 Å². The first kappa shape index (κ1) is 22.8. The molecule has 7 nitrogen and oxygen atoms in total. The maximum atomic E-state index is 5.65. The lowest BCUT2D eigenvalue weighted by Gasteiger charge is -2.15. The summed E-state index contributed by atoms with van der Waals surface area (Å²) in [5.41, 5.74) is 14.0. The fourth-order valence-corrected chi connectivity index (χ4v) is 5.11. The molecule has 0 saturated carbocycles. The van der Waals surface area contributed by atoms with E-state index < -0.39 is 0 Å². The van der Waals surface area contributed by atoms with Gasteiger partial charge in [0.2, 0.25) is 0 Å². The molecule has 1 aliphatic rings. The Morgan fingerprint density at radius 1 is 1.06 bits per heavy atom. The lowest BCUT2D eigenvalue weighted by molar-refractivity contribution is 0.744. The number of nitrogens with two attached hydrogens (primary N) is 2. The van der Waals surface area contributed by atoms with Gasteiger partial charge in [-0.1, -0.05) is 49.4 Å². The summed E-state index contributed by atoms with van der Waals surface area (Å²) in [6.45, 7) is 7.03. The number of hydrogen-bond donors (Lipinski definition) is 3. The molecule has 35 heavy (non-hydrogen) atoms. The highest BCUT2D eigenvalue weighted by atomic mass is 15.3. The Morgan fingerprint density at radius 3 is 2.60 bits per heavy atom. The monoisotopic (exact) mass is 465 g/mol. The second-order valence-corrected chi connectivity index (χ2v) is 9.09. The topological polar surface area (TPSA) is 107 Å². The molecule has 0 amide bonds. The standard InChI is InChI=1S/C28H31N7/c1-4-26-32-27-17(2)13-18(3)31-28(27)35(26)16-19-9-12-23-21(14-19)11-10-20-7-5-6-8-22(20)24(23)15-25(33-29)34-30/h5-9,12-15H,4,10-11,16,29-30H2,1-3H3,(H,33,34)/b24-15+. The fourth-order valence-electron chi connectivity index (χ4n) is 5.11. The number of imidazole rings is 1. The lowest BCUT2D eigenvalue weighted by Crippen LogP contribution is -2.29. The van der Waals surface area contributed by atoms with Gasteiger partial charge in [0.1, 0.15) is 11.3 Å². The molecule has 2 aromatic carbocycles. The Hall–Kier alpha value is -3.97. The van der Waals surface area contributed by atoms with Crippen molar-refractivity contribution in [2.24, 2.45) is 16.8 Å². The number of pyridine rings is 1. The Morgan fingerprint density at radius 2 is 1.83 bits per heavy atom. The van der Waals surface area contributed by atoms with Crippen LogP contribution in [0.2, 0.25) is 0 Å². The van der Waals surface area contributed by atoms with Crippen molar-refractivity contribution in [3.05, 3.63) is 99.5 Å². The van der Waals surface area contributed by atoms with Crippen molar-refractivity contribution in [1.29, 1.82) is 0 Å². The number of aromatic nitrogens is 3. The van der Waals surface area contributed by atoms with Gasteiger partial charge in [-0.05, 0) is 77.8 Å². The number of aryl methyl sites for hydroxylation is 5. The Kier molecular flexibility index (Phi) is 6.09. The Balaban J connectivity index is 1.61. The number of rotatable bonds is 4. The van der Waals surface area contributed by atoms with Crippen LogP contribution in [0, 0.1) is 13.8 Å². The molecule has 0 fully saturated rings. The summed E-state index contributed by atoms with van der Waals surface area (Å²) in [5.74, 6) is 12.7. The van der Waals surface area contributed by atoms with E-state index in [9.17, 15) is 0 Å². The minimum Gasteiger partial charge on any atom is -0.321 e. The third kappa shape index (κ3) is 4.19. The molecule has 178 valence electrons. The van der Waals surface area contributed by atoms with Gasteiger partial charge in [-0.15, -0.1) is 0 Å². The number of amidine groups is 1. The summed E-state index contributed by atoms with van der Waals surface area (Å²) >= 11 is 0. The van der Waals surface area contributed by atoms with E-state index in [1.54, 1.807) is 0 Å². The third-order valence-corrected chi connectivity index (χ3v) is 6.76. The molecular weight excluding hydrogens is 434 g/mol. The van der Waals surface area contributed by atoms with E-state index in [4.69, 9.17) is 21.7 Å². The highest BCUT2D eigenvalue weighted by Gasteiger charge is 2.20. The summed E-state index contributed by atoms with van der Waals surface area (Å²) in [6.07, 6.45) is 4.69. The molecule has 5 N–H and O–H groups in total. The first-order chi connectivity index (χ1) is 17.0. The van der Waals surface area contributed by atoms with Crippen LogP contribution < -0.4 is 17.1 Å². The maximum Gasteiger partial charge on any atom is 0.160 e. The maximum absolute atomic E-state index is 5.65. The number of hydrazine groups is 1. The molecule has 0 spiro atoms. The second-order valence-electron chi connectivity index (χ2n) is 9.09. The molecule has 5 rings (SSSR count). The van der Waals surface area contributed by atoms with Crippen LogP contribution in [0.15, 0.2) is 59.7 Å². The molecule has 4 aromatic rings. The first-order valence-electron chi connectivity index (χ1n) is 12.0. The predicted molar refractivity (Wildman–Crippen MR) is 142 cm³/mol. The van der Waals surface area contributed by atoms with Gasteiger partial charge in [-0.25, -0.2) is 15.8 Å². The number of hydrogen-bond acceptors (Lipinski definition) is 5. The minimum atomic E-state index is 0.431. The van der Waals surface area contributed by atoms with Crippen molar-refractivity contribution >= 4 is 22.6 Å². The average Bonchev–Trinajstić information content (AvgIpc) is 3.13. The zero-order valence-electron chi connectivity index (χ0n) is 20.5. The summed E-state index contributed by atoms with van der Waals surface area (Å²) in [7, 11) is 0. The Bertz CT molecular complexity index is 1480. The summed E-state index contributed by atoms with van der Waals surface area (Å²) in [5, 5.41) is 3.79. The molecule has 0 saturated heterocycles. The number of hydrazone groups is 1. The van der Waals surface area contributed by atoms with Crippen LogP contribution in [0.25, 0.3) is 16.7 Å². The quantitative estimate of drug-likeness (QED) is 0.183. The number of benzene rings is 2. The van der Waals surface area contributed by atoms with Crippen molar-refractivity contribution in [3.8, 4) is 0 Å².